The van der Waals surface area contributed by atoms with Gasteiger partial charge in [-0.1, -0.05) is 11.6 Å². The lowest BCUT2D eigenvalue weighted by Gasteiger charge is -2.19. The predicted octanol–water partition coefficient (Wildman–Crippen LogP) is 2.33. The summed E-state index contributed by atoms with van der Waals surface area (Å²) in [5.74, 6) is 0.0276. The fraction of sp³-hybridized carbons (Fsp3) is 0.364. The summed E-state index contributed by atoms with van der Waals surface area (Å²) in [6, 6.07) is 3.72. The molecule has 0 radical (unpaired) electrons. The number of nitrogens with zero attached hydrogens (tertiary/aromatic N) is 3. The van der Waals surface area contributed by atoms with Crippen molar-refractivity contribution in [3.8, 4) is 0 Å². The lowest BCUT2D eigenvalue weighted by Crippen LogP contribution is -2.25. The van der Waals surface area contributed by atoms with Gasteiger partial charge >= 0.3 is 0 Å². The van der Waals surface area contributed by atoms with Gasteiger partial charge in [-0.25, -0.2) is 12.7 Å². The number of aromatic nitrogens is 1. The van der Waals surface area contributed by atoms with Crippen molar-refractivity contribution in [3.05, 3.63) is 21.3 Å². The summed E-state index contributed by atoms with van der Waals surface area (Å²) in [6.07, 6.45) is 0. The maximum atomic E-state index is 12.4. The fourth-order valence-electron chi connectivity index (χ4n) is 1.70. The zero-order valence-electron chi connectivity index (χ0n) is 11.7. The molecule has 0 aliphatic rings. The SMILES string of the molecule is CN(Cc1ccc(Cl)s1)c1snc(N)c1S(=O)(=O)N(C)C. The van der Waals surface area contributed by atoms with E-state index in [0.29, 0.717) is 15.9 Å². The van der Waals surface area contributed by atoms with Crippen molar-refractivity contribution in [3.63, 3.8) is 0 Å². The zero-order valence-corrected chi connectivity index (χ0v) is 14.9. The molecule has 0 atom stereocenters. The molecule has 0 saturated carbocycles. The summed E-state index contributed by atoms with van der Waals surface area (Å²) in [4.78, 5) is 2.90. The zero-order chi connectivity index (χ0) is 15.8. The number of hydrogen-bond acceptors (Lipinski definition) is 7. The van der Waals surface area contributed by atoms with Gasteiger partial charge in [0.2, 0.25) is 10.0 Å². The van der Waals surface area contributed by atoms with E-state index in [4.69, 9.17) is 17.3 Å². The van der Waals surface area contributed by atoms with Crippen LogP contribution in [0.1, 0.15) is 4.88 Å². The monoisotopic (exact) mass is 366 g/mol. The molecule has 0 spiro atoms. The standard InChI is InChI=1S/C11H15ClN4O2S3/c1-15(2)21(17,18)9-10(13)14-20-11(9)16(3)6-7-4-5-8(12)19-7/h4-5H,6H2,1-3H3,(H2,13,14). The topological polar surface area (TPSA) is 79.5 Å². The highest BCUT2D eigenvalue weighted by molar-refractivity contribution is 7.89. The van der Waals surface area contributed by atoms with Gasteiger partial charge in [-0.2, -0.15) is 4.37 Å². The molecule has 0 unspecified atom stereocenters. The molecule has 2 aromatic heterocycles. The van der Waals surface area contributed by atoms with E-state index in [1.54, 1.807) is 7.05 Å². The molecule has 6 nitrogen and oxygen atoms in total. The quantitative estimate of drug-likeness (QED) is 0.878. The molecular weight excluding hydrogens is 352 g/mol. The van der Waals surface area contributed by atoms with E-state index in [9.17, 15) is 8.42 Å². The normalized spacial score (nSPS) is 12.0. The second-order valence-corrected chi connectivity index (χ2v) is 9.19. The van der Waals surface area contributed by atoms with Crippen molar-refractivity contribution in [2.45, 2.75) is 11.4 Å². The van der Waals surface area contributed by atoms with E-state index in [1.165, 1.54) is 25.4 Å². The van der Waals surface area contributed by atoms with Crippen LogP contribution in [0.25, 0.3) is 0 Å². The third kappa shape index (κ3) is 3.32. The Morgan fingerprint density at radius 2 is 2.00 bits per heavy atom. The summed E-state index contributed by atoms with van der Waals surface area (Å²) >= 11 is 8.43. The number of hydrogen-bond donors (Lipinski definition) is 1. The van der Waals surface area contributed by atoms with Gasteiger partial charge in [0.25, 0.3) is 0 Å². The first-order chi connectivity index (χ1) is 9.73. The van der Waals surface area contributed by atoms with Gasteiger partial charge < -0.3 is 10.6 Å². The van der Waals surface area contributed by atoms with Gasteiger partial charge in [-0.05, 0) is 23.7 Å². The highest BCUT2D eigenvalue weighted by atomic mass is 35.5. The van der Waals surface area contributed by atoms with Crippen molar-refractivity contribution in [2.24, 2.45) is 0 Å². The smallest absolute Gasteiger partial charge is 0.249 e. The first-order valence-corrected chi connectivity index (χ1v) is 9.27. The maximum Gasteiger partial charge on any atom is 0.249 e. The number of thiophene rings is 1. The van der Waals surface area contributed by atoms with Crippen LogP contribution in [-0.4, -0.2) is 38.2 Å². The molecule has 10 heteroatoms. The van der Waals surface area contributed by atoms with Gasteiger partial charge in [0, 0.05) is 26.0 Å². The first kappa shape index (κ1) is 16.5. The molecular formula is C11H15ClN4O2S3. The molecule has 2 rings (SSSR count). The molecule has 2 N–H and O–H groups in total. The van der Waals surface area contributed by atoms with Gasteiger partial charge in [-0.3, -0.25) is 0 Å². The number of halogens is 1. The van der Waals surface area contributed by atoms with E-state index in [2.05, 4.69) is 4.37 Å². The van der Waals surface area contributed by atoms with Crippen molar-refractivity contribution in [1.82, 2.24) is 8.68 Å². The van der Waals surface area contributed by atoms with Gasteiger partial charge in [0.15, 0.2) is 10.7 Å². The molecule has 0 aromatic carbocycles. The third-order valence-electron chi connectivity index (χ3n) is 2.76. The van der Waals surface area contributed by atoms with Crippen LogP contribution in [0, 0.1) is 0 Å². The minimum Gasteiger partial charge on any atom is -0.382 e. The Balaban J connectivity index is 2.37. The molecule has 2 aromatic rings. The third-order valence-corrected chi connectivity index (χ3v) is 6.97. The van der Waals surface area contributed by atoms with Crippen molar-refractivity contribution >= 4 is 55.3 Å². The fourth-order valence-corrected chi connectivity index (χ4v) is 5.04. The molecule has 0 saturated heterocycles. The first-order valence-electron chi connectivity index (χ1n) is 5.86. The van der Waals surface area contributed by atoms with E-state index >= 15 is 0 Å². The van der Waals surface area contributed by atoms with Crippen LogP contribution in [0.4, 0.5) is 10.8 Å². The molecule has 21 heavy (non-hydrogen) atoms. The van der Waals surface area contributed by atoms with Crippen LogP contribution in [0.5, 0.6) is 0 Å². The summed E-state index contributed by atoms with van der Waals surface area (Å²) in [7, 11) is 1.10. The van der Waals surface area contributed by atoms with E-state index < -0.39 is 10.0 Å². The van der Waals surface area contributed by atoms with Crippen LogP contribution >= 0.6 is 34.5 Å². The maximum absolute atomic E-state index is 12.4. The molecule has 0 amide bonds. The Hall–Kier alpha value is -0.870. The molecule has 0 aliphatic carbocycles. The number of rotatable bonds is 5. The average Bonchev–Trinajstić information content (AvgIpc) is 2.95. The lowest BCUT2D eigenvalue weighted by molar-refractivity contribution is 0.521. The Morgan fingerprint density at radius 3 is 2.52 bits per heavy atom. The van der Waals surface area contributed by atoms with Crippen LogP contribution in [0.3, 0.4) is 0 Å². The summed E-state index contributed by atoms with van der Waals surface area (Å²) in [6.45, 7) is 0.537. The number of sulfonamides is 1. The van der Waals surface area contributed by atoms with Crippen LogP contribution in [0.15, 0.2) is 17.0 Å². The van der Waals surface area contributed by atoms with Crippen molar-refractivity contribution in [2.75, 3.05) is 31.8 Å². The van der Waals surface area contributed by atoms with Crippen LogP contribution < -0.4 is 10.6 Å². The Bertz CT molecular complexity index is 738. The van der Waals surface area contributed by atoms with Gasteiger partial charge in [0.05, 0.1) is 10.9 Å². The van der Waals surface area contributed by atoms with Gasteiger partial charge in [0.1, 0.15) is 5.00 Å². The van der Waals surface area contributed by atoms with E-state index in [0.717, 1.165) is 20.7 Å². The summed E-state index contributed by atoms with van der Waals surface area (Å²) in [5, 5.41) is 0.519. The Morgan fingerprint density at radius 1 is 1.33 bits per heavy atom. The summed E-state index contributed by atoms with van der Waals surface area (Å²) < 4.78 is 30.5. The molecule has 2 heterocycles. The minimum absolute atomic E-state index is 0.0276. The Kier molecular flexibility index (Phi) is 4.79. The largest absolute Gasteiger partial charge is 0.382 e. The predicted molar refractivity (Wildman–Crippen MR) is 88.8 cm³/mol. The van der Waals surface area contributed by atoms with Gasteiger partial charge in [-0.15, -0.1) is 11.3 Å². The molecule has 0 bridgehead atoms. The van der Waals surface area contributed by atoms with Crippen molar-refractivity contribution < 1.29 is 8.42 Å². The van der Waals surface area contributed by atoms with E-state index in [1.807, 2.05) is 17.0 Å². The molecule has 116 valence electrons. The minimum atomic E-state index is -3.64. The van der Waals surface area contributed by atoms with E-state index in [-0.39, 0.29) is 10.7 Å². The molecule has 0 aliphatic heterocycles. The second-order valence-electron chi connectivity index (χ2n) is 4.55. The van der Waals surface area contributed by atoms with Crippen LogP contribution in [0.2, 0.25) is 4.34 Å². The highest BCUT2D eigenvalue weighted by Crippen LogP contribution is 2.36. The van der Waals surface area contributed by atoms with Crippen molar-refractivity contribution in [1.29, 1.82) is 0 Å². The highest BCUT2D eigenvalue weighted by Gasteiger charge is 2.29. The number of nitrogen functional groups attached to an aromatic ring is 1. The lowest BCUT2D eigenvalue weighted by atomic mass is 10.4. The number of anilines is 2. The second kappa shape index (κ2) is 6.09. The van der Waals surface area contributed by atoms with Crippen LogP contribution in [-0.2, 0) is 16.6 Å². The average molecular weight is 367 g/mol. The summed E-state index contributed by atoms with van der Waals surface area (Å²) in [5.41, 5.74) is 5.75. The molecule has 0 fully saturated rings. The number of nitrogens with two attached hydrogens (primary N) is 1. The Labute approximate surface area is 137 Å².